The van der Waals surface area contributed by atoms with Crippen LogP contribution in [0.5, 0.6) is 0 Å². The Labute approximate surface area is 109 Å². The molecular formula is C16H22N2. The van der Waals surface area contributed by atoms with E-state index in [1.165, 1.54) is 37.7 Å². The zero-order chi connectivity index (χ0) is 12.2. The summed E-state index contributed by atoms with van der Waals surface area (Å²) >= 11 is 0. The lowest BCUT2D eigenvalue weighted by Gasteiger charge is -2.62. The molecule has 1 aromatic carbocycles. The first-order chi connectivity index (χ1) is 8.76. The SMILES string of the molecule is N[C@@]12CCCC[C@@]13CCN[C@@H]2Cc1ccccc13. The van der Waals surface area contributed by atoms with Gasteiger partial charge in [-0.25, -0.2) is 0 Å². The number of hydrogen-bond donors (Lipinski definition) is 2. The monoisotopic (exact) mass is 242 g/mol. The Kier molecular flexibility index (Phi) is 2.19. The molecule has 3 atom stereocenters. The zero-order valence-corrected chi connectivity index (χ0v) is 10.9. The lowest BCUT2D eigenvalue weighted by molar-refractivity contribution is 0.0467. The van der Waals surface area contributed by atoms with Crippen LogP contribution in [0.15, 0.2) is 24.3 Å². The van der Waals surface area contributed by atoms with Crippen molar-refractivity contribution in [2.45, 2.75) is 55.5 Å². The fourth-order valence-corrected chi connectivity index (χ4v) is 4.98. The summed E-state index contributed by atoms with van der Waals surface area (Å²) in [5, 5.41) is 3.70. The third kappa shape index (κ3) is 1.16. The lowest BCUT2D eigenvalue weighted by atomic mass is 9.49. The van der Waals surface area contributed by atoms with Crippen molar-refractivity contribution < 1.29 is 0 Å². The molecule has 3 N–H and O–H groups in total. The van der Waals surface area contributed by atoms with Crippen LogP contribution < -0.4 is 11.1 Å². The molecule has 1 saturated heterocycles. The summed E-state index contributed by atoms with van der Waals surface area (Å²) in [4.78, 5) is 0. The van der Waals surface area contributed by atoms with Crippen LogP contribution in [0.2, 0.25) is 0 Å². The molecule has 1 aromatic rings. The normalized spacial score (nSPS) is 41.9. The summed E-state index contributed by atoms with van der Waals surface area (Å²) in [5.41, 5.74) is 10.3. The second-order valence-corrected chi connectivity index (χ2v) is 6.45. The highest BCUT2D eigenvalue weighted by atomic mass is 15.0. The first kappa shape index (κ1) is 11.0. The van der Waals surface area contributed by atoms with E-state index >= 15 is 0 Å². The van der Waals surface area contributed by atoms with Crippen LogP contribution in [-0.4, -0.2) is 18.1 Å². The molecule has 3 aliphatic rings. The van der Waals surface area contributed by atoms with Crippen molar-refractivity contribution in [3.63, 3.8) is 0 Å². The minimum absolute atomic E-state index is 0.00213. The zero-order valence-electron chi connectivity index (χ0n) is 10.9. The molecule has 0 aromatic heterocycles. The average molecular weight is 242 g/mol. The number of piperidine rings is 1. The molecule has 96 valence electrons. The fraction of sp³-hybridized carbons (Fsp3) is 0.625. The maximum Gasteiger partial charge on any atom is 0.0411 e. The highest BCUT2D eigenvalue weighted by molar-refractivity contribution is 5.45. The highest BCUT2D eigenvalue weighted by Crippen LogP contribution is 2.54. The van der Waals surface area contributed by atoms with Gasteiger partial charge in [0, 0.05) is 17.0 Å². The van der Waals surface area contributed by atoms with Gasteiger partial charge in [0.2, 0.25) is 0 Å². The van der Waals surface area contributed by atoms with Gasteiger partial charge in [0.15, 0.2) is 0 Å². The quantitative estimate of drug-likeness (QED) is 0.731. The number of fused-ring (bicyclic) bond motifs is 1. The predicted octanol–water partition coefficient (Wildman–Crippen LogP) is 2.11. The minimum Gasteiger partial charge on any atom is -0.323 e. The van der Waals surface area contributed by atoms with E-state index in [0.717, 1.165) is 13.0 Å². The summed E-state index contributed by atoms with van der Waals surface area (Å²) < 4.78 is 0. The molecule has 2 aliphatic carbocycles. The Morgan fingerprint density at radius 1 is 1.11 bits per heavy atom. The Bertz CT molecular complexity index is 480. The molecule has 0 unspecified atom stereocenters. The standard InChI is InChI=1S/C16H22N2/c17-16-8-4-3-7-15(16)9-10-18-14(16)11-12-5-1-2-6-13(12)15/h1-2,5-6,14,18H,3-4,7-11,17H2/t14-,15+,16-/m1/s1. The van der Waals surface area contributed by atoms with Crippen molar-refractivity contribution in [1.82, 2.24) is 5.32 Å². The Morgan fingerprint density at radius 2 is 1.94 bits per heavy atom. The van der Waals surface area contributed by atoms with E-state index < -0.39 is 0 Å². The number of rotatable bonds is 0. The van der Waals surface area contributed by atoms with Crippen LogP contribution >= 0.6 is 0 Å². The highest BCUT2D eigenvalue weighted by Gasteiger charge is 2.59. The second kappa shape index (κ2) is 3.58. The second-order valence-electron chi connectivity index (χ2n) is 6.45. The van der Waals surface area contributed by atoms with Gasteiger partial charge in [-0.2, -0.15) is 0 Å². The summed E-state index contributed by atoms with van der Waals surface area (Å²) in [6.07, 6.45) is 7.47. The van der Waals surface area contributed by atoms with Crippen LogP contribution in [0.1, 0.15) is 43.2 Å². The summed E-state index contributed by atoms with van der Waals surface area (Å²) in [5.74, 6) is 0. The van der Waals surface area contributed by atoms with Gasteiger partial charge >= 0.3 is 0 Å². The summed E-state index contributed by atoms with van der Waals surface area (Å²) in [6, 6.07) is 9.53. The molecule has 4 rings (SSSR count). The van der Waals surface area contributed by atoms with Gasteiger partial charge in [-0.15, -0.1) is 0 Å². The molecule has 0 radical (unpaired) electrons. The van der Waals surface area contributed by atoms with E-state index in [1.54, 1.807) is 5.56 Å². The van der Waals surface area contributed by atoms with E-state index in [0.29, 0.717) is 6.04 Å². The van der Waals surface area contributed by atoms with Crippen molar-refractivity contribution in [3.8, 4) is 0 Å². The minimum atomic E-state index is -0.00213. The van der Waals surface area contributed by atoms with Crippen molar-refractivity contribution >= 4 is 0 Å². The van der Waals surface area contributed by atoms with Gasteiger partial charge in [-0.1, -0.05) is 37.1 Å². The molecule has 2 fully saturated rings. The first-order valence-corrected chi connectivity index (χ1v) is 7.37. The predicted molar refractivity (Wildman–Crippen MR) is 73.6 cm³/mol. The van der Waals surface area contributed by atoms with Crippen LogP contribution in [0.4, 0.5) is 0 Å². The lowest BCUT2D eigenvalue weighted by Crippen LogP contribution is -2.75. The molecule has 0 amide bonds. The largest absolute Gasteiger partial charge is 0.323 e. The van der Waals surface area contributed by atoms with Gasteiger partial charge in [-0.3, -0.25) is 0 Å². The van der Waals surface area contributed by atoms with Gasteiger partial charge in [0.1, 0.15) is 0 Å². The number of nitrogens with two attached hydrogens (primary N) is 1. The Balaban J connectivity index is 1.96. The maximum atomic E-state index is 6.96. The molecule has 18 heavy (non-hydrogen) atoms. The number of nitrogens with one attached hydrogen (secondary N) is 1. The van der Waals surface area contributed by atoms with Crippen LogP contribution in [0, 0.1) is 0 Å². The van der Waals surface area contributed by atoms with E-state index in [9.17, 15) is 0 Å². The van der Waals surface area contributed by atoms with Gasteiger partial charge < -0.3 is 11.1 Å². The molecule has 2 bridgehead atoms. The molecule has 1 saturated carbocycles. The van der Waals surface area contributed by atoms with E-state index in [2.05, 4.69) is 29.6 Å². The van der Waals surface area contributed by atoms with Gasteiger partial charge in [0.25, 0.3) is 0 Å². The summed E-state index contributed by atoms with van der Waals surface area (Å²) in [6.45, 7) is 1.14. The van der Waals surface area contributed by atoms with Crippen LogP contribution in [0.25, 0.3) is 0 Å². The van der Waals surface area contributed by atoms with Crippen molar-refractivity contribution in [2.75, 3.05) is 6.54 Å². The molecular weight excluding hydrogens is 220 g/mol. The Hall–Kier alpha value is -0.860. The van der Waals surface area contributed by atoms with Crippen molar-refractivity contribution in [1.29, 1.82) is 0 Å². The average Bonchev–Trinajstić information content (AvgIpc) is 2.38. The van der Waals surface area contributed by atoms with Gasteiger partial charge in [-0.05, 0) is 43.4 Å². The van der Waals surface area contributed by atoms with E-state index in [1.807, 2.05) is 0 Å². The van der Waals surface area contributed by atoms with E-state index in [4.69, 9.17) is 5.73 Å². The summed E-state index contributed by atoms with van der Waals surface area (Å²) in [7, 11) is 0. The third-order valence-corrected chi connectivity index (χ3v) is 5.86. The molecule has 2 heteroatoms. The molecule has 2 nitrogen and oxygen atoms in total. The van der Waals surface area contributed by atoms with Crippen LogP contribution in [-0.2, 0) is 11.8 Å². The molecule has 1 aliphatic heterocycles. The number of benzene rings is 1. The first-order valence-electron chi connectivity index (χ1n) is 7.37. The van der Waals surface area contributed by atoms with Crippen molar-refractivity contribution in [3.05, 3.63) is 35.4 Å². The third-order valence-electron chi connectivity index (χ3n) is 5.86. The number of hydrogen-bond acceptors (Lipinski definition) is 2. The van der Waals surface area contributed by atoms with Gasteiger partial charge in [0.05, 0.1) is 0 Å². The smallest absolute Gasteiger partial charge is 0.0411 e. The fourth-order valence-electron chi connectivity index (χ4n) is 4.98. The molecule has 1 heterocycles. The topological polar surface area (TPSA) is 38.0 Å². The molecule has 0 spiro atoms. The van der Waals surface area contributed by atoms with Crippen LogP contribution in [0.3, 0.4) is 0 Å². The van der Waals surface area contributed by atoms with Crippen molar-refractivity contribution in [2.24, 2.45) is 5.73 Å². The Morgan fingerprint density at radius 3 is 2.89 bits per heavy atom. The maximum absolute atomic E-state index is 6.96. The van der Waals surface area contributed by atoms with E-state index in [-0.39, 0.29) is 11.0 Å².